The lowest BCUT2D eigenvalue weighted by atomic mass is 10.1. The molecule has 0 amide bonds. The molecule has 6 heteroatoms. The molecular weight excluding hydrogens is 280 g/mol. The molecule has 3 aromatic heterocycles. The predicted molar refractivity (Wildman–Crippen MR) is 79.1 cm³/mol. The lowest BCUT2D eigenvalue weighted by Crippen LogP contribution is -2.18. The lowest BCUT2D eigenvalue weighted by molar-refractivity contribution is 0.777. The summed E-state index contributed by atoms with van der Waals surface area (Å²) in [7, 11) is 0. The summed E-state index contributed by atoms with van der Waals surface area (Å²) in [5.74, 6) is 0.630. The summed E-state index contributed by atoms with van der Waals surface area (Å²) < 4.78 is 1.68. The molecule has 3 aromatic rings. The SMILES string of the molecule is CC(Cc1ccsc1)Nc1nc2ccc(Cl)cn2n1. The Morgan fingerprint density at radius 1 is 1.42 bits per heavy atom. The summed E-state index contributed by atoms with van der Waals surface area (Å²) in [6, 6.07) is 6.08. The average molecular weight is 293 g/mol. The summed E-state index contributed by atoms with van der Waals surface area (Å²) in [5, 5.41) is 12.6. The molecule has 0 saturated carbocycles. The molecule has 0 fully saturated rings. The van der Waals surface area contributed by atoms with Crippen molar-refractivity contribution in [2.45, 2.75) is 19.4 Å². The number of anilines is 1. The highest BCUT2D eigenvalue weighted by atomic mass is 35.5. The van der Waals surface area contributed by atoms with Crippen LogP contribution in [0.1, 0.15) is 12.5 Å². The quantitative estimate of drug-likeness (QED) is 0.800. The zero-order valence-corrected chi connectivity index (χ0v) is 11.9. The molecule has 0 bridgehead atoms. The van der Waals surface area contributed by atoms with Gasteiger partial charge in [-0.25, -0.2) is 4.52 Å². The molecule has 0 saturated heterocycles. The molecule has 0 aromatic carbocycles. The fourth-order valence-electron chi connectivity index (χ4n) is 1.95. The van der Waals surface area contributed by atoms with E-state index in [1.54, 1.807) is 22.0 Å². The summed E-state index contributed by atoms with van der Waals surface area (Å²) in [6.07, 6.45) is 2.71. The molecule has 1 N–H and O–H groups in total. The molecular formula is C13H13ClN4S. The number of nitrogens with zero attached hydrogens (tertiary/aromatic N) is 3. The first-order valence-corrected chi connectivity index (χ1v) is 7.32. The van der Waals surface area contributed by atoms with Gasteiger partial charge < -0.3 is 5.32 Å². The van der Waals surface area contributed by atoms with E-state index in [9.17, 15) is 0 Å². The number of aromatic nitrogens is 3. The van der Waals surface area contributed by atoms with Crippen LogP contribution < -0.4 is 5.32 Å². The van der Waals surface area contributed by atoms with Crippen LogP contribution in [0.3, 0.4) is 0 Å². The standard InChI is InChI=1S/C13H13ClN4S/c1-9(6-10-4-5-19-8-10)15-13-16-12-3-2-11(14)7-18(12)17-13/h2-5,7-9H,6H2,1H3,(H,15,17). The third-order valence-corrected chi connectivity index (χ3v) is 3.75. The van der Waals surface area contributed by atoms with Crippen molar-refractivity contribution >= 4 is 34.5 Å². The van der Waals surface area contributed by atoms with Gasteiger partial charge >= 0.3 is 0 Å². The van der Waals surface area contributed by atoms with E-state index in [2.05, 4.69) is 39.1 Å². The van der Waals surface area contributed by atoms with Crippen molar-refractivity contribution < 1.29 is 0 Å². The van der Waals surface area contributed by atoms with E-state index in [-0.39, 0.29) is 6.04 Å². The zero-order chi connectivity index (χ0) is 13.2. The van der Waals surface area contributed by atoms with E-state index in [1.807, 2.05) is 12.1 Å². The van der Waals surface area contributed by atoms with Crippen molar-refractivity contribution in [3.8, 4) is 0 Å². The summed E-state index contributed by atoms with van der Waals surface area (Å²) >= 11 is 7.64. The van der Waals surface area contributed by atoms with Crippen LogP contribution in [-0.2, 0) is 6.42 Å². The molecule has 3 heterocycles. The molecule has 3 rings (SSSR count). The van der Waals surface area contributed by atoms with Gasteiger partial charge in [0.15, 0.2) is 5.65 Å². The summed E-state index contributed by atoms with van der Waals surface area (Å²) in [4.78, 5) is 4.41. The highest BCUT2D eigenvalue weighted by Crippen LogP contribution is 2.14. The molecule has 1 unspecified atom stereocenters. The number of nitrogens with one attached hydrogen (secondary N) is 1. The molecule has 98 valence electrons. The van der Waals surface area contributed by atoms with Gasteiger partial charge in [0, 0.05) is 12.2 Å². The smallest absolute Gasteiger partial charge is 0.243 e. The highest BCUT2D eigenvalue weighted by Gasteiger charge is 2.08. The Labute approximate surface area is 120 Å². The third-order valence-electron chi connectivity index (χ3n) is 2.79. The number of fused-ring (bicyclic) bond motifs is 1. The second-order valence-electron chi connectivity index (χ2n) is 4.47. The molecule has 0 spiro atoms. The van der Waals surface area contributed by atoms with Gasteiger partial charge in [0.05, 0.1) is 5.02 Å². The van der Waals surface area contributed by atoms with Crippen molar-refractivity contribution in [2.75, 3.05) is 5.32 Å². The first-order valence-electron chi connectivity index (χ1n) is 6.00. The zero-order valence-electron chi connectivity index (χ0n) is 10.4. The number of hydrogen-bond acceptors (Lipinski definition) is 4. The maximum Gasteiger partial charge on any atom is 0.243 e. The minimum atomic E-state index is 0.280. The lowest BCUT2D eigenvalue weighted by Gasteiger charge is -2.10. The number of halogens is 1. The van der Waals surface area contributed by atoms with Crippen LogP contribution in [0.5, 0.6) is 0 Å². The van der Waals surface area contributed by atoms with Crippen molar-refractivity contribution in [1.82, 2.24) is 14.6 Å². The molecule has 0 aliphatic rings. The Balaban J connectivity index is 1.74. The van der Waals surface area contributed by atoms with Gasteiger partial charge in [0.25, 0.3) is 0 Å². The Hall–Kier alpha value is -1.59. The van der Waals surface area contributed by atoms with Crippen LogP contribution in [0.15, 0.2) is 35.2 Å². The van der Waals surface area contributed by atoms with Crippen molar-refractivity contribution in [3.05, 3.63) is 45.7 Å². The van der Waals surface area contributed by atoms with Crippen LogP contribution in [-0.4, -0.2) is 20.6 Å². The second kappa shape index (κ2) is 5.19. The number of pyridine rings is 1. The molecule has 4 nitrogen and oxygen atoms in total. The third kappa shape index (κ3) is 2.88. The monoisotopic (exact) mass is 292 g/mol. The van der Waals surface area contributed by atoms with Crippen molar-refractivity contribution in [1.29, 1.82) is 0 Å². The average Bonchev–Trinajstić information content (AvgIpc) is 2.97. The van der Waals surface area contributed by atoms with Crippen LogP contribution >= 0.6 is 22.9 Å². The molecule has 0 aliphatic heterocycles. The topological polar surface area (TPSA) is 42.2 Å². The Kier molecular flexibility index (Phi) is 3.40. The fourth-order valence-corrected chi connectivity index (χ4v) is 2.79. The number of rotatable bonds is 4. The predicted octanol–water partition coefficient (Wildman–Crippen LogP) is 3.49. The minimum Gasteiger partial charge on any atom is -0.350 e. The van der Waals surface area contributed by atoms with Crippen LogP contribution in [0.25, 0.3) is 5.65 Å². The Morgan fingerprint density at radius 2 is 2.32 bits per heavy atom. The van der Waals surface area contributed by atoms with Crippen molar-refractivity contribution in [2.24, 2.45) is 0 Å². The maximum atomic E-state index is 5.92. The molecule has 19 heavy (non-hydrogen) atoms. The minimum absolute atomic E-state index is 0.280. The molecule has 0 radical (unpaired) electrons. The van der Waals surface area contributed by atoms with E-state index in [1.165, 1.54) is 5.56 Å². The van der Waals surface area contributed by atoms with Crippen LogP contribution in [0.4, 0.5) is 5.95 Å². The van der Waals surface area contributed by atoms with Gasteiger partial charge in [0.1, 0.15) is 0 Å². The van der Waals surface area contributed by atoms with Crippen molar-refractivity contribution in [3.63, 3.8) is 0 Å². The van der Waals surface area contributed by atoms with E-state index in [4.69, 9.17) is 11.6 Å². The van der Waals surface area contributed by atoms with Gasteiger partial charge in [0.2, 0.25) is 5.95 Å². The first-order chi connectivity index (χ1) is 9.20. The van der Waals surface area contributed by atoms with E-state index < -0.39 is 0 Å². The van der Waals surface area contributed by atoms with Gasteiger partial charge in [-0.05, 0) is 47.9 Å². The van der Waals surface area contributed by atoms with E-state index >= 15 is 0 Å². The summed E-state index contributed by atoms with van der Waals surface area (Å²) in [5.41, 5.74) is 2.12. The molecule has 0 aliphatic carbocycles. The Morgan fingerprint density at radius 3 is 3.11 bits per heavy atom. The van der Waals surface area contributed by atoms with Gasteiger partial charge in [-0.1, -0.05) is 11.6 Å². The highest BCUT2D eigenvalue weighted by molar-refractivity contribution is 7.07. The first kappa shape index (κ1) is 12.4. The fraction of sp³-hybridized carbons (Fsp3) is 0.231. The van der Waals surface area contributed by atoms with Gasteiger partial charge in [-0.3, -0.25) is 0 Å². The van der Waals surface area contributed by atoms with Crippen LogP contribution in [0.2, 0.25) is 5.02 Å². The molecule has 1 atom stereocenters. The maximum absolute atomic E-state index is 5.92. The van der Waals surface area contributed by atoms with Gasteiger partial charge in [-0.15, -0.1) is 5.10 Å². The Bertz CT molecular complexity index is 677. The van der Waals surface area contributed by atoms with E-state index in [0.717, 1.165) is 12.1 Å². The normalized spacial score (nSPS) is 12.7. The summed E-state index contributed by atoms with van der Waals surface area (Å²) in [6.45, 7) is 2.12. The largest absolute Gasteiger partial charge is 0.350 e. The number of thiophene rings is 1. The van der Waals surface area contributed by atoms with Crippen LogP contribution in [0, 0.1) is 0 Å². The second-order valence-corrected chi connectivity index (χ2v) is 5.68. The number of hydrogen-bond donors (Lipinski definition) is 1. The van der Waals surface area contributed by atoms with Gasteiger partial charge in [-0.2, -0.15) is 16.3 Å². The van der Waals surface area contributed by atoms with E-state index in [0.29, 0.717) is 11.0 Å².